The van der Waals surface area contributed by atoms with Crippen LogP contribution in [0.5, 0.6) is 17.2 Å². The van der Waals surface area contributed by atoms with E-state index in [1.54, 1.807) is 18.2 Å². The molecule has 1 saturated heterocycles. The summed E-state index contributed by atoms with van der Waals surface area (Å²) in [5, 5.41) is 2.99. The van der Waals surface area contributed by atoms with Crippen molar-refractivity contribution in [2.24, 2.45) is 0 Å². The quantitative estimate of drug-likeness (QED) is 0.860. The standard InChI is InChI=1S/C19H22N2O6/c1-19(2)8-12(5-6-27-19)20-18(22)14-9-24-17(21-14)10-23-13-3-4-15-16(7-13)26-11-25-15/h3-4,7,9,12H,5-6,8,10-11H2,1-2H3,(H,20,22)/t12-/m0/s1. The molecule has 1 aromatic heterocycles. The number of carbonyl (C=O) groups excluding carboxylic acids is 1. The molecule has 1 atom stereocenters. The molecule has 0 saturated carbocycles. The molecule has 144 valence electrons. The number of hydrogen-bond donors (Lipinski definition) is 1. The Bertz CT molecular complexity index is 831. The molecule has 0 unspecified atom stereocenters. The Balaban J connectivity index is 1.32. The average molecular weight is 374 g/mol. The van der Waals surface area contributed by atoms with Crippen LogP contribution >= 0.6 is 0 Å². The van der Waals surface area contributed by atoms with Gasteiger partial charge in [0, 0.05) is 18.7 Å². The summed E-state index contributed by atoms with van der Waals surface area (Å²) in [7, 11) is 0. The van der Waals surface area contributed by atoms with Gasteiger partial charge in [-0.15, -0.1) is 0 Å². The van der Waals surface area contributed by atoms with Crippen molar-refractivity contribution in [1.82, 2.24) is 10.3 Å². The average Bonchev–Trinajstić information content (AvgIpc) is 3.28. The molecule has 0 aliphatic carbocycles. The van der Waals surface area contributed by atoms with Gasteiger partial charge in [-0.05, 0) is 38.8 Å². The van der Waals surface area contributed by atoms with Gasteiger partial charge in [-0.25, -0.2) is 4.98 Å². The smallest absolute Gasteiger partial charge is 0.273 e. The largest absolute Gasteiger partial charge is 0.484 e. The lowest BCUT2D eigenvalue weighted by Crippen LogP contribution is -2.45. The first-order valence-corrected chi connectivity index (χ1v) is 8.90. The first kappa shape index (κ1) is 17.7. The molecule has 0 bridgehead atoms. The maximum Gasteiger partial charge on any atom is 0.273 e. The van der Waals surface area contributed by atoms with Gasteiger partial charge < -0.3 is 28.7 Å². The number of benzene rings is 1. The van der Waals surface area contributed by atoms with Crippen molar-refractivity contribution in [2.75, 3.05) is 13.4 Å². The molecule has 1 aromatic carbocycles. The minimum absolute atomic E-state index is 0.0614. The fourth-order valence-corrected chi connectivity index (χ4v) is 3.21. The van der Waals surface area contributed by atoms with Crippen LogP contribution in [-0.2, 0) is 11.3 Å². The van der Waals surface area contributed by atoms with Crippen molar-refractivity contribution in [3.8, 4) is 17.2 Å². The molecular formula is C19H22N2O6. The Labute approximate surface area is 156 Å². The molecule has 2 aliphatic rings. The van der Waals surface area contributed by atoms with Crippen LogP contribution in [0.3, 0.4) is 0 Å². The maximum atomic E-state index is 12.4. The highest BCUT2D eigenvalue weighted by molar-refractivity contribution is 5.92. The Morgan fingerprint density at radius 1 is 1.33 bits per heavy atom. The third-order valence-corrected chi connectivity index (χ3v) is 4.52. The Morgan fingerprint density at radius 3 is 3.04 bits per heavy atom. The van der Waals surface area contributed by atoms with Crippen LogP contribution in [-0.4, -0.2) is 35.9 Å². The molecule has 27 heavy (non-hydrogen) atoms. The molecular weight excluding hydrogens is 352 g/mol. The highest BCUT2D eigenvalue weighted by Crippen LogP contribution is 2.35. The monoisotopic (exact) mass is 374 g/mol. The summed E-state index contributed by atoms with van der Waals surface area (Å²) in [6.07, 6.45) is 2.89. The summed E-state index contributed by atoms with van der Waals surface area (Å²) in [6, 6.07) is 5.36. The van der Waals surface area contributed by atoms with Crippen molar-refractivity contribution in [1.29, 1.82) is 0 Å². The van der Waals surface area contributed by atoms with Gasteiger partial charge in [0.2, 0.25) is 12.7 Å². The fraction of sp³-hybridized carbons (Fsp3) is 0.474. The molecule has 1 N–H and O–H groups in total. The van der Waals surface area contributed by atoms with E-state index in [1.165, 1.54) is 6.26 Å². The van der Waals surface area contributed by atoms with E-state index in [1.807, 2.05) is 13.8 Å². The number of hydrogen-bond acceptors (Lipinski definition) is 7. The zero-order valence-electron chi connectivity index (χ0n) is 15.3. The van der Waals surface area contributed by atoms with Gasteiger partial charge in [0.15, 0.2) is 23.8 Å². The highest BCUT2D eigenvalue weighted by atomic mass is 16.7. The van der Waals surface area contributed by atoms with E-state index in [-0.39, 0.29) is 36.6 Å². The summed E-state index contributed by atoms with van der Waals surface area (Å²) >= 11 is 0. The minimum Gasteiger partial charge on any atom is -0.484 e. The molecule has 0 radical (unpaired) electrons. The third kappa shape index (κ3) is 4.16. The Kier molecular flexibility index (Phi) is 4.65. The zero-order valence-corrected chi connectivity index (χ0v) is 15.3. The van der Waals surface area contributed by atoms with Crippen LogP contribution in [0.1, 0.15) is 43.1 Å². The molecule has 3 heterocycles. The molecule has 0 spiro atoms. The second kappa shape index (κ2) is 7.11. The first-order valence-electron chi connectivity index (χ1n) is 8.90. The van der Waals surface area contributed by atoms with Crippen LogP contribution in [0.25, 0.3) is 0 Å². The van der Waals surface area contributed by atoms with E-state index in [2.05, 4.69) is 10.3 Å². The molecule has 8 heteroatoms. The fourth-order valence-electron chi connectivity index (χ4n) is 3.21. The normalized spacial score (nSPS) is 20.3. The number of aromatic nitrogens is 1. The summed E-state index contributed by atoms with van der Waals surface area (Å²) in [5.41, 5.74) is 0.00693. The summed E-state index contributed by atoms with van der Waals surface area (Å²) in [4.78, 5) is 16.6. The van der Waals surface area contributed by atoms with Crippen molar-refractivity contribution >= 4 is 5.91 Å². The summed E-state index contributed by atoms with van der Waals surface area (Å²) in [5.74, 6) is 2.00. The molecule has 2 aromatic rings. The van der Waals surface area contributed by atoms with Crippen LogP contribution in [0.4, 0.5) is 0 Å². The van der Waals surface area contributed by atoms with Gasteiger partial charge in [0.1, 0.15) is 12.0 Å². The van der Waals surface area contributed by atoms with Gasteiger partial charge in [-0.3, -0.25) is 4.79 Å². The minimum atomic E-state index is -0.254. The highest BCUT2D eigenvalue weighted by Gasteiger charge is 2.30. The lowest BCUT2D eigenvalue weighted by Gasteiger charge is -2.35. The number of ether oxygens (including phenoxy) is 4. The van der Waals surface area contributed by atoms with Crippen molar-refractivity contribution in [3.63, 3.8) is 0 Å². The first-order chi connectivity index (χ1) is 13.0. The van der Waals surface area contributed by atoms with E-state index in [0.29, 0.717) is 29.7 Å². The van der Waals surface area contributed by atoms with Crippen LogP contribution in [0.2, 0.25) is 0 Å². The molecule has 2 aliphatic heterocycles. The second-order valence-electron chi connectivity index (χ2n) is 7.20. The SMILES string of the molecule is CC1(C)C[C@@H](NC(=O)c2coc(COc3ccc4c(c3)OCO4)n2)CCO1. The lowest BCUT2D eigenvalue weighted by molar-refractivity contribution is -0.0615. The van der Waals surface area contributed by atoms with Gasteiger partial charge in [0.25, 0.3) is 5.91 Å². The maximum absolute atomic E-state index is 12.4. The van der Waals surface area contributed by atoms with Gasteiger partial charge in [-0.2, -0.15) is 0 Å². The van der Waals surface area contributed by atoms with E-state index in [0.717, 1.165) is 12.8 Å². The van der Waals surface area contributed by atoms with E-state index in [9.17, 15) is 4.79 Å². The number of nitrogens with one attached hydrogen (secondary N) is 1. The predicted octanol–water partition coefficient (Wildman–Crippen LogP) is 2.67. The lowest BCUT2D eigenvalue weighted by atomic mass is 9.94. The number of carbonyl (C=O) groups is 1. The predicted molar refractivity (Wildman–Crippen MR) is 93.9 cm³/mol. The number of fused-ring (bicyclic) bond motifs is 1. The van der Waals surface area contributed by atoms with Crippen molar-refractivity contribution in [2.45, 2.75) is 44.9 Å². The Hall–Kier alpha value is -2.74. The van der Waals surface area contributed by atoms with Crippen molar-refractivity contribution < 1.29 is 28.2 Å². The van der Waals surface area contributed by atoms with E-state index < -0.39 is 0 Å². The topological polar surface area (TPSA) is 92.1 Å². The molecule has 1 amide bonds. The molecule has 1 fully saturated rings. The number of nitrogens with zero attached hydrogens (tertiary/aromatic N) is 1. The van der Waals surface area contributed by atoms with Gasteiger partial charge in [-0.1, -0.05) is 0 Å². The number of rotatable bonds is 5. The summed E-state index contributed by atoms with van der Waals surface area (Å²) in [6.45, 7) is 4.99. The Morgan fingerprint density at radius 2 is 2.19 bits per heavy atom. The van der Waals surface area contributed by atoms with E-state index in [4.69, 9.17) is 23.4 Å². The molecule has 8 nitrogen and oxygen atoms in total. The third-order valence-electron chi connectivity index (χ3n) is 4.52. The molecule has 4 rings (SSSR count). The van der Waals surface area contributed by atoms with Crippen LogP contribution in [0, 0.1) is 0 Å². The van der Waals surface area contributed by atoms with Gasteiger partial charge >= 0.3 is 0 Å². The van der Waals surface area contributed by atoms with E-state index >= 15 is 0 Å². The van der Waals surface area contributed by atoms with Crippen LogP contribution < -0.4 is 19.5 Å². The number of amides is 1. The zero-order chi connectivity index (χ0) is 18.9. The summed E-state index contributed by atoms with van der Waals surface area (Å²) < 4.78 is 27.2. The second-order valence-corrected chi connectivity index (χ2v) is 7.20. The van der Waals surface area contributed by atoms with Crippen molar-refractivity contribution in [3.05, 3.63) is 36.0 Å². The number of oxazole rings is 1. The van der Waals surface area contributed by atoms with Gasteiger partial charge in [0.05, 0.1) is 5.60 Å². The van der Waals surface area contributed by atoms with Crippen LogP contribution in [0.15, 0.2) is 28.9 Å².